The van der Waals surface area contributed by atoms with E-state index in [1.807, 2.05) is 62.9 Å². The Morgan fingerprint density at radius 3 is 2.32 bits per heavy atom. The molecule has 56 heavy (non-hydrogen) atoms. The molecule has 0 radical (unpaired) electrons. The van der Waals surface area contributed by atoms with Crippen LogP contribution in [0.15, 0.2) is 60.8 Å². The lowest BCUT2D eigenvalue weighted by atomic mass is 9.81. The minimum atomic E-state index is -0.975. The number of rotatable bonds is 11. The van der Waals surface area contributed by atoms with E-state index in [-0.39, 0.29) is 36.1 Å². The normalized spacial score (nSPS) is 19.2. The number of piperazine rings is 1. The molecule has 4 aromatic rings. The third kappa shape index (κ3) is 9.93. The average Bonchev–Trinajstić information content (AvgIpc) is 3.72. The number of carbonyl (C=O) groups is 4. The molecule has 1 unspecified atom stereocenters. The summed E-state index contributed by atoms with van der Waals surface area (Å²) < 4.78 is 5.38. The highest BCUT2D eigenvalue weighted by molar-refractivity contribution is 6.02. The summed E-state index contributed by atoms with van der Waals surface area (Å²) in [5, 5.41) is 20.4. The minimum absolute atomic E-state index is 0.0763. The first-order valence-corrected chi connectivity index (χ1v) is 19.3. The number of aryl methyl sites for hydroxylation is 1. The number of carbonyl (C=O) groups excluding carboxylic acids is 4. The molecule has 2 atom stereocenters. The fraction of sp³-hybridized carbons (Fsp3) is 0.463. The first-order valence-electron chi connectivity index (χ1n) is 19.3. The molecule has 1 saturated carbocycles. The molecule has 1 aliphatic carbocycles. The molecular formula is C41H52N10O5. The van der Waals surface area contributed by atoms with Gasteiger partial charge in [0.05, 0.1) is 0 Å². The first kappa shape index (κ1) is 40.0. The minimum Gasteiger partial charge on any atom is -0.444 e. The molecule has 0 bridgehead atoms. The molecule has 296 valence electrons. The van der Waals surface area contributed by atoms with Gasteiger partial charge in [0, 0.05) is 67.6 Å². The molecule has 15 nitrogen and oxygen atoms in total. The number of nitrogens with two attached hydrogens (primary N) is 1. The van der Waals surface area contributed by atoms with Crippen molar-refractivity contribution >= 4 is 29.5 Å². The summed E-state index contributed by atoms with van der Waals surface area (Å²) in [6.07, 6.45) is 4.14. The summed E-state index contributed by atoms with van der Waals surface area (Å²) in [4.78, 5) is 61.1. The number of ether oxygens (including phenoxy) is 1. The third-order valence-corrected chi connectivity index (χ3v) is 10.4. The zero-order chi connectivity index (χ0) is 40.0. The summed E-state index contributed by atoms with van der Waals surface area (Å²) >= 11 is 0. The van der Waals surface area contributed by atoms with Crippen molar-refractivity contribution in [3.05, 3.63) is 77.6 Å². The molecule has 2 aliphatic rings. The van der Waals surface area contributed by atoms with E-state index >= 15 is 0 Å². The van der Waals surface area contributed by atoms with Crippen LogP contribution in [0.25, 0.3) is 22.5 Å². The van der Waals surface area contributed by atoms with Crippen LogP contribution < -0.4 is 21.3 Å². The number of H-pyrrole nitrogens is 1. The van der Waals surface area contributed by atoms with Gasteiger partial charge in [-0.2, -0.15) is 5.21 Å². The van der Waals surface area contributed by atoms with Gasteiger partial charge in [0.1, 0.15) is 17.3 Å². The third-order valence-electron chi connectivity index (χ3n) is 10.4. The van der Waals surface area contributed by atoms with Crippen molar-refractivity contribution in [3.63, 3.8) is 0 Å². The SMILES string of the molecule is Cc1cc(C(=O)N2CCNC(C)C2)ncc1-c1ccc(C[C@@H](C(N)=O)N(C(=O)C2CCC(CNC(=O)OC(C)(C)C)CC2)c2ccc(-c3nn[nH]n3)cc2)cc1. The van der Waals surface area contributed by atoms with Crippen LogP contribution in [0.4, 0.5) is 10.5 Å². The smallest absolute Gasteiger partial charge is 0.407 e. The summed E-state index contributed by atoms with van der Waals surface area (Å²) in [6, 6.07) is 16.0. The van der Waals surface area contributed by atoms with E-state index in [2.05, 4.69) is 43.2 Å². The number of hydrogen-bond donors (Lipinski definition) is 4. The summed E-state index contributed by atoms with van der Waals surface area (Å²) in [7, 11) is 0. The number of aromatic nitrogens is 5. The monoisotopic (exact) mass is 764 g/mol. The van der Waals surface area contributed by atoms with Gasteiger partial charge >= 0.3 is 6.09 Å². The standard InChI is InChI=1S/C41H52N10O5/c1-25-20-34(39(54)50-19-18-43-26(2)24-50)44-23-33(25)29-10-6-27(7-11-29)21-35(36(42)52)51(32-16-14-30(15-17-32)37-46-48-49-47-37)38(53)31-12-8-28(9-13-31)22-45-40(55)56-41(3,4)5/h6-7,10-11,14-17,20,23,26,28,31,35,43H,8-9,12-13,18-19,21-22,24H2,1-5H3,(H2,42,52)(H,45,55)(H,46,47,48,49)/t26?,28?,31?,35-/m0/s1. The lowest BCUT2D eigenvalue weighted by Gasteiger charge is -2.36. The van der Waals surface area contributed by atoms with E-state index in [1.54, 1.807) is 35.4 Å². The van der Waals surface area contributed by atoms with Crippen LogP contribution in [0.2, 0.25) is 0 Å². The zero-order valence-corrected chi connectivity index (χ0v) is 32.7. The van der Waals surface area contributed by atoms with Gasteiger partial charge in [0.2, 0.25) is 17.6 Å². The van der Waals surface area contributed by atoms with Crippen LogP contribution in [0.3, 0.4) is 0 Å². The van der Waals surface area contributed by atoms with Gasteiger partial charge in [-0.15, -0.1) is 10.2 Å². The molecule has 6 rings (SSSR count). The Hall–Kier alpha value is -5.70. The summed E-state index contributed by atoms with van der Waals surface area (Å²) in [5.41, 5.74) is 10.7. The van der Waals surface area contributed by atoms with E-state index in [9.17, 15) is 19.2 Å². The highest BCUT2D eigenvalue weighted by Crippen LogP contribution is 2.33. The number of anilines is 1. The van der Waals surface area contributed by atoms with Crippen molar-refractivity contribution < 1.29 is 23.9 Å². The molecule has 0 spiro atoms. The van der Waals surface area contributed by atoms with Crippen LogP contribution in [0.1, 0.15) is 75.0 Å². The second-order valence-corrected chi connectivity index (χ2v) is 15.9. The molecule has 15 heteroatoms. The number of aromatic amines is 1. The predicted octanol–water partition coefficient (Wildman–Crippen LogP) is 4.43. The number of primary amides is 1. The molecule has 1 aliphatic heterocycles. The summed E-state index contributed by atoms with van der Waals surface area (Å²) in [5.74, 6) is -0.616. The number of pyridine rings is 1. The number of amides is 4. The Morgan fingerprint density at radius 2 is 1.71 bits per heavy atom. The van der Waals surface area contributed by atoms with Crippen molar-refractivity contribution in [3.8, 4) is 22.5 Å². The van der Waals surface area contributed by atoms with Gasteiger partial charge < -0.3 is 26.0 Å². The number of nitrogens with zero attached hydrogens (tertiary/aromatic N) is 6. The Balaban J connectivity index is 1.18. The number of hydrogen-bond acceptors (Lipinski definition) is 10. The number of benzene rings is 2. The van der Waals surface area contributed by atoms with Crippen LogP contribution >= 0.6 is 0 Å². The van der Waals surface area contributed by atoms with Crippen molar-refractivity contribution in [2.45, 2.75) is 84.4 Å². The van der Waals surface area contributed by atoms with E-state index in [4.69, 9.17) is 10.5 Å². The van der Waals surface area contributed by atoms with Crippen molar-refractivity contribution in [1.82, 2.24) is 41.1 Å². The fourth-order valence-corrected chi connectivity index (χ4v) is 7.48. The highest BCUT2D eigenvalue weighted by Gasteiger charge is 2.36. The first-order chi connectivity index (χ1) is 26.8. The van der Waals surface area contributed by atoms with Gasteiger partial charge in [-0.1, -0.05) is 24.3 Å². The Kier molecular flexibility index (Phi) is 12.4. The van der Waals surface area contributed by atoms with Crippen LogP contribution in [0, 0.1) is 18.8 Å². The van der Waals surface area contributed by atoms with Gasteiger partial charge in [0.25, 0.3) is 5.91 Å². The maximum atomic E-state index is 14.5. The number of alkyl carbamates (subject to hydrolysis) is 1. The molecule has 4 amide bonds. The van der Waals surface area contributed by atoms with Crippen LogP contribution in [-0.2, 0) is 20.7 Å². The fourth-order valence-electron chi connectivity index (χ4n) is 7.48. The Morgan fingerprint density at radius 1 is 1.02 bits per heavy atom. The predicted molar refractivity (Wildman–Crippen MR) is 211 cm³/mol. The topological polar surface area (TPSA) is 201 Å². The molecule has 5 N–H and O–H groups in total. The lowest BCUT2D eigenvalue weighted by Crippen LogP contribution is -2.52. The van der Waals surface area contributed by atoms with E-state index in [0.29, 0.717) is 55.2 Å². The van der Waals surface area contributed by atoms with E-state index in [1.165, 1.54) is 0 Å². The molecular weight excluding hydrogens is 713 g/mol. The van der Waals surface area contributed by atoms with Gasteiger partial charge in [-0.05, 0) is 118 Å². The molecule has 2 fully saturated rings. The van der Waals surface area contributed by atoms with E-state index in [0.717, 1.165) is 41.6 Å². The molecule has 3 heterocycles. The van der Waals surface area contributed by atoms with Gasteiger partial charge in [-0.3, -0.25) is 24.3 Å². The van der Waals surface area contributed by atoms with Crippen molar-refractivity contribution in [1.29, 1.82) is 0 Å². The zero-order valence-electron chi connectivity index (χ0n) is 32.7. The highest BCUT2D eigenvalue weighted by atomic mass is 16.6. The van der Waals surface area contributed by atoms with E-state index < -0.39 is 23.6 Å². The largest absolute Gasteiger partial charge is 0.444 e. The molecule has 2 aromatic heterocycles. The summed E-state index contributed by atoms with van der Waals surface area (Å²) in [6.45, 7) is 12.0. The van der Waals surface area contributed by atoms with Crippen molar-refractivity contribution in [2.75, 3.05) is 31.1 Å². The van der Waals surface area contributed by atoms with Gasteiger partial charge in [0.15, 0.2) is 0 Å². The van der Waals surface area contributed by atoms with Crippen molar-refractivity contribution in [2.24, 2.45) is 17.6 Å². The second-order valence-electron chi connectivity index (χ2n) is 15.9. The second kappa shape index (κ2) is 17.4. The Labute approximate surface area is 327 Å². The number of tetrazole rings is 1. The number of nitrogens with one attached hydrogen (secondary N) is 3. The maximum Gasteiger partial charge on any atom is 0.407 e. The van der Waals surface area contributed by atoms with Gasteiger partial charge in [-0.25, -0.2) is 4.79 Å². The van der Waals surface area contributed by atoms with Crippen LogP contribution in [-0.4, -0.2) is 98.2 Å². The molecule has 2 aromatic carbocycles. The molecule has 1 saturated heterocycles. The maximum absolute atomic E-state index is 14.5. The quantitative estimate of drug-likeness (QED) is 0.169. The lowest BCUT2D eigenvalue weighted by molar-refractivity contribution is -0.127. The Bertz CT molecular complexity index is 1990. The average molecular weight is 765 g/mol. The van der Waals surface area contributed by atoms with Crippen LogP contribution in [0.5, 0.6) is 0 Å².